The first-order valence-corrected chi connectivity index (χ1v) is 8.80. The van der Waals surface area contributed by atoms with Gasteiger partial charge in [0.25, 0.3) is 0 Å². The number of carboxylic acid groups (broad SMARTS) is 1. The molecule has 0 unspecified atom stereocenters. The predicted octanol–water partition coefficient (Wildman–Crippen LogP) is 6.08. The molecule has 0 aliphatic carbocycles. The third-order valence-corrected chi connectivity index (χ3v) is 4.09. The van der Waals surface area contributed by atoms with Crippen LogP contribution in [0.2, 0.25) is 0 Å². The number of aryl methyl sites for hydroxylation is 1. The van der Waals surface area contributed by atoms with Crippen molar-refractivity contribution in [1.29, 1.82) is 0 Å². The molecule has 0 aliphatic rings. The van der Waals surface area contributed by atoms with Crippen molar-refractivity contribution in [1.82, 2.24) is 0 Å². The molecule has 24 heavy (non-hydrogen) atoms. The SMILES string of the molecule is CCCCCCCCc1cccc(C(=O)O)c1Oc1ccccc1. The highest BCUT2D eigenvalue weighted by Gasteiger charge is 2.16. The van der Waals surface area contributed by atoms with Crippen LogP contribution in [-0.2, 0) is 6.42 Å². The Morgan fingerprint density at radius 2 is 1.62 bits per heavy atom. The molecule has 0 atom stereocenters. The third-order valence-electron chi connectivity index (χ3n) is 4.09. The van der Waals surface area contributed by atoms with Gasteiger partial charge in [-0.05, 0) is 36.6 Å². The fourth-order valence-electron chi connectivity index (χ4n) is 2.77. The quantitative estimate of drug-likeness (QED) is 0.538. The Morgan fingerprint density at radius 3 is 2.33 bits per heavy atom. The second kappa shape index (κ2) is 9.76. The summed E-state index contributed by atoms with van der Waals surface area (Å²) in [4.78, 5) is 11.5. The van der Waals surface area contributed by atoms with Gasteiger partial charge in [0.2, 0.25) is 0 Å². The lowest BCUT2D eigenvalue weighted by molar-refractivity contribution is 0.0694. The van der Waals surface area contributed by atoms with Crippen molar-refractivity contribution in [3.05, 3.63) is 59.7 Å². The van der Waals surface area contributed by atoms with Gasteiger partial charge in [0, 0.05) is 0 Å². The fourth-order valence-corrected chi connectivity index (χ4v) is 2.77. The second-order valence-electron chi connectivity index (χ2n) is 6.03. The van der Waals surface area contributed by atoms with E-state index in [1.165, 1.54) is 32.1 Å². The van der Waals surface area contributed by atoms with Gasteiger partial charge in [-0.2, -0.15) is 0 Å². The molecule has 0 radical (unpaired) electrons. The van der Waals surface area contributed by atoms with Crippen molar-refractivity contribution in [2.45, 2.75) is 51.9 Å². The Morgan fingerprint density at radius 1 is 0.917 bits per heavy atom. The average molecular weight is 326 g/mol. The molecule has 2 aromatic carbocycles. The lowest BCUT2D eigenvalue weighted by Crippen LogP contribution is -2.03. The number of ether oxygens (including phenoxy) is 1. The minimum atomic E-state index is -0.953. The van der Waals surface area contributed by atoms with Crippen LogP contribution in [0.1, 0.15) is 61.4 Å². The summed E-state index contributed by atoms with van der Waals surface area (Å²) in [5, 5.41) is 9.46. The molecule has 3 heteroatoms. The van der Waals surface area contributed by atoms with Crippen LogP contribution in [0, 0.1) is 0 Å². The summed E-state index contributed by atoms with van der Waals surface area (Å²) in [6.45, 7) is 2.21. The molecule has 0 heterocycles. The highest BCUT2D eigenvalue weighted by molar-refractivity contribution is 5.91. The van der Waals surface area contributed by atoms with E-state index >= 15 is 0 Å². The predicted molar refractivity (Wildman–Crippen MR) is 97.0 cm³/mol. The zero-order valence-electron chi connectivity index (χ0n) is 14.3. The Labute approximate surface area is 144 Å². The molecule has 0 aliphatic heterocycles. The van der Waals surface area contributed by atoms with Crippen molar-refractivity contribution in [2.75, 3.05) is 0 Å². The normalized spacial score (nSPS) is 10.5. The number of rotatable bonds is 10. The second-order valence-corrected chi connectivity index (χ2v) is 6.03. The molecule has 0 bridgehead atoms. The molecule has 128 valence electrons. The number of benzene rings is 2. The van der Waals surface area contributed by atoms with Crippen LogP contribution in [0.5, 0.6) is 11.5 Å². The molecule has 0 saturated carbocycles. The van der Waals surface area contributed by atoms with E-state index < -0.39 is 5.97 Å². The number of carboxylic acids is 1. The Hall–Kier alpha value is -2.29. The van der Waals surface area contributed by atoms with Crippen LogP contribution in [0.3, 0.4) is 0 Å². The number of hydrogen-bond acceptors (Lipinski definition) is 2. The molecule has 1 N–H and O–H groups in total. The van der Waals surface area contributed by atoms with Gasteiger partial charge in [-0.3, -0.25) is 0 Å². The van der Waals surface area contributed by atoms with E-state index in [2.05, 4.69) is 6.92 Å². The molecular formula is C21H26O3. The lowest BCUT2D eigenvalue weighted by atomic mass is 10.0. The Bertz CT molecular complexity index is 635. The molecule has 3 nitrogen and oxygen atoms in total. The third kappa shape index (κ3) is 5.41. The van der Waals surface area contributed by atoms with Gasteiger partial charge in [0.15, 0.2) is 0 Å². The summed E-state index contributed by atoms with van der Waals surface area (Å²) in [6, 6.07) is 14.7. The Kier molecular flexibility index (Phi) is 7.34. The molecule has 0 aromatic heterocycles. The van der Waals surface area contributed by atoms with E-state index in [1.807, 2.05) is 36.4 Å². The number of aromatic carboxylic acids is 1. The van der Waals surface area contributed by atoms with Crippen LogP contribution in [0.4, 0.5) is 0 Å². The largest absolute Gasteiger partial charge is 0.478 e. The van der Waals surface area contributed by atoms with Crippen molar-refractivity contribution >= 4 is 5.97 Å². The topological polar surface area (TPSA) is 46.5 Å². The van der Waals surface area contributed by atoms with E-state index in [9.17, 15) is 9.90 Å². The summed E-state index contributed by atoms with van der Waals surface area (Å²) < 4.78 is 5.92. The van der Waals surface area contributed by atoms with Gasteiger partial charge < -0.3 is 9.84 Å². The zero-order chi connectivity index (χ0) is 17.2. The molecule has 2 aromatic rings. The lowest BCUT2D eigenvalue weighted by Gasteiger charge is -2.14. The number of unbranched alkanes of at least 4 members (excludes halogenated alkanes) is 5. The smallest absolute Gasteiger partial charge is 0.339 e. The summed E-state index contributed by atoms with van der Waals surface area (Å²) >= 11 is 0. The molecule has 0 saturated heterocycles. The number of carbonyl (C=O) groups is 1. The highest BCUT2D eigenvalue weighted by atomic mass is 16.5. The van der Waals surface area contributed by atoms with Crippen LogP contribution in [0.15, 0.2) is 48.5 Å². The summed E-state index contributed by atoms with van der Waals surface area (Å²) in [5.74, 6) is 0.186. The number of hydrogen-bond donors (Lipinski definition) is 1. The van der Waals surface area contributed by atoms with Gasteiger partial charge in [0.05, 0.1) is 0 Å². The van der Waals surface area contributed by atoms with Crippen LogP contribution in [0.25, 0.3) is 0 Å². The van der Waals surface area contributed by atoms with E-state index in [4.69, 9.17) is 4.74 Å². The monoisotopic (exact) mass is 326 g/mol. The highest BCUT2D eigenvalue weighted by Crippen LogP contribution is 2.30. The van der Waals surface area contributed by atoms with Gasteiger partial charge in [-0.25, -0.2) is 4.79 Å². The minimum Gasteiger partial charge on any atom is -0.478 e. The first-order valence-electron chi connectivity index (χ1n) is 8.80. The van der Waals surface area contributed by atoms with E-state index in [1.54, 1.807) is 12.1 Å². The van der Waals surface area contributed by atoms with E-state index in [-0.39, 0.29) is 5.56 Å². The van der Waals surface area contributed by atoms with Gasteiger partial charge in [-0.1, -0.05) is 69.4 Å². The van der Waals surface area contributed by atoms with Crippen LogP contribution in [-0.4, -0.2) is 11.1 Å². The van der Waals surface area contributed by atoms with Gasteiger partial charge in [-0.15, -0.1) is 0 Å². The van der Waals surface area contributed by atoms with Crippen molar-refractivity contribution in [2.24, 2.45) is 0 Å². The van der Waals surface area contributed by atoms with Gasteiger partial charge in [0.1, 0.15) is 17.1 Å². The summed E-state index contributed by atoms with van der Waals surface area (Å²) in [5.41, 5.74) is 1.19. The Balaban J connectivity index is 2.09. The van der Waals surface area contributed by atoms with Crippen molar-refractivity contribution in [3.8, 4) is 11.5 Å². The molecule has 2 rings (SSSR count). The van der Waals surface area contributed by atoms with Crippen molar-refractivity contribution in [3.63, 3.8) is 0 Å². The minimum absolute atomic E-state index is 0.224. The van der Waals surface area contributed by atoms with E-state index in [0.29, 0.717) is 11.5 Å². The average Bonchev–Trinajstić information content (AvgIpc) is 2.59. The maximum absolute atomic E-state index is 11.5. The first-order chi connectivity index (χ1) is 11.7. The summed E-state index contributed by atoms with van der Waals surface area (Å²) in [7, 11) is 0. The maximum atomic E-state index is 11.5. The summed E-state index contributed by atoms with van der Waals surface area (Å²) in [6.07, 6.45) is 8.11. The molecule has 0 spiro atoms. The molecule has 0 amide bonds. The molecule has 0 fully saturated rings. The first kappa shape index (κ1) is 18.1. The van der Waals surface area contributed by atoms with E-state index in [0.717, 1.165) is 18.4 Å². The van der Waals surface area contributed by atoms with Crippen LogP contribution < -0.4 is 4.74 Å². The van der Waals surface area contributed by atoms with Gasteiger partial charge >= 0.3 is 5.97 Å². The number of para-hydroxylation sites is 2. The standard InChI is InChI=1S/C21H26O3/c1-2-3-4-5-6-8-12-17-13-11-16-19(21(22)23)20(17)24-18-14-9-7-10-15-18/h7,9-11,13-16H,2-6,8,12H2,1H3,(H,22,23). The zero-order valence-corrected chi connectivity index (χ0v) is 14.3. The maximum Gasteiger partial charge on any atom is 0.339 e. The van der Waals surface area contributed by atoms with Crippen molar-refractivity contribution < 1.29 is 14.6 Å². The fraction of sp³-hybridized carbons (Fsp3) is 0.381. The molecular weight excluding hydrogens is 300 g/mol. The van der Waals surface area contributed by atoms with Crippen LogP contribution >= 0.6 is 0 Å².